The number of carbonyl (C=O) groups is 2. The summed E-state index contributed by atoms with van der Waals surface area (Å²) in [5, 5.41) is 5.95. The zero-order chi connectivity index (χ0) is 26.3. The molecule has 2 N–H and O–H groups in total. The van der Waals surface area contributed by atoms with Gasteiger partial charge < -0.3 is 25.0 Å². The van der Waals surface area contributed by atoms with Crippen molar-refractivity contribution in [3.8, 4) is 11.5 Å². The number of hydrogen-bond acceptors (Lipinski definition) is 7. The minimum atomic E-state index is -0.259. The van der Waals surface area contributed by atoms with Gasteiger partial charge in [0, 0.05) is 44.9 Å². The van der Waals surface area contributed by atoms with Crippen LogP contribution in [0.15, 0.2) is 60.9 Å². The van der Waals surface area contributed by atoms with Crippen molar-refractivity contribution in [3.63, 3.8) is 0 Å². The molecule has 0 unspecified atom stereocenters. The number of amides is 2. The number of aryl methyl sites for hydroxylation is 2. The molecule has 0 spiro atoms. The van der Waals surface area contributed by atoms with E-state index in [9.17, 15) is 9.59 Å². The molecule has 0 aliphatic carbocycles. The Labute approximate surface area is 222 Å². The van der Waals surface area contributed by atoms with Crippen LogP contribution in [0.4, 0.5) is 5.95 Å². The highest BCUT2D eigenvalue weighted by Gasteiger charge is 2.36. The molecule has 3 aliphatic heterocycles. The van der Waals surface area contributed by atoms with Crippen LogP contribution in [0.1, 0.15) is 36.5 Å². The van der Waals surface area contributed by atoms with E-state index < -0.39 is 0 Å². The molecule has 2 atom stereocenters. The fraction of sp³-hybridized carbons (Fsp3) is 0.379. The van der Waals surface area contributed by atoms with Gasteiger partial charge in [-0.2, -0.15) is 0 Å². The van der Waals surface area contributed by atoms with Crippen LogP contribution >= 0.6 is 0 Å². The molecular weight excluding hydrogens is 482 g/mol. The first-order valence-electron chi connectivity index (χ1n) is 13.1. The molecule has 3 aromatic rings. The van der Waals surface area contributed by atoms with E-state index in [1.165, 1.54) is 0 Å². The summed E-state index contributed by atoms with van der Waals surface area (Å²) in [6, 6.07) is 15.3. The normalized spacial score (nSPS) is 20.7. The van der Waals surface area contributed by atoms with E-state index in [0.717, 1.165) is 34.6 Å². The molecule has 2 amide bonds. The SMILES string of the molecule is CCc1cnc(N2C[C@@H]3NC(=O)CCNC(=O)CCc4ccc(cc4)Oc4cccc(c4)CO[C@H]3C2)nc1. The molecule has 9 nitrogen and oxygen atoms in total. The number of nitrogens with one attached hydrogen (secondary N) is 2. The number of hydrogen-bond donors (Lipinski definition) is 2. The molecule has 3 aliphatic rings. The van der Waals surface area contributed by atoms with Gasteiger partial charge in [-0.1, -0.05) is 31.2 Å². The third-order valence-corrected chi connectivity index (χ3v) is 6.83. The summed E-state index contributed by atoms with van der Waals surface area (Å²) in [5.41, 5.74) is 3.09. The summed E-state index contributed by atoms with van der Waals surface area (Å²) in [5.74, 6) is 1.86. The lowest BCUT2D eigenvalue weighted by Crippen LogP contribution is -2.44. The molecule has 2 aromatic carbocycles. The Morgan fingerprint density at radius 2 is 1.74 bits per heavy atom. The highest BCUT2D eigenvalue weighted by molar-refractivity contribution is 5.79. The first-order chi connectivity index (χ1) is 18.6. The lowest BCUT2D eigenvalue weighted by molar-refractivity contribution is -0.123. The van der Waals surface area contributed by atoms with Gasteiger partial charge in [-0.05, 0) is 53.8 Å². The van der Waals surface area contributed by atoms with Gasteiger partial charge in [-0.15, -0.1) is 0 Å². The van der Waals surface area contributed by atoms with E-state index in [2.05, 4.69) is 27.5 Å². The summed E-state index contributed by atoms with van der Waals surface area (Å²) in [7, 11) is 0. The molecule has 4 heterocycles. The Hall–Kier alpha value is -3.98. The topological polar surface area (TPSA) is 106 Å². The van der Waals surface area contributed by atoms with Crippen molar-refractivity contribution in [2.45, 2.75) is 51.4 Å². The molecular formula is C29H33N5O4. The van der Waals surface area contributed by atoms with Crippen LogP contribution in [0.3, 0.4) is 0 Å². The quantitative estimate of drug-likeness (QED) is 0.540. The standard InChI is InChI=1S/C29H33N5O4/c1-2-20-15-31-29(32-16-20)34-17-25-26(18-34)37-19-22-4-3-5-24(14-22)38-23-9-6-21(7-10-23)8-11-27(35)30-13-12-28(36)33-25/h3-7,9-10,14-16,25-26H,2,8,11-13,17-19H2,1H3,(H,30,35)(H,33,36)/t25-,26-/m0/s1. The highest BCUT2D eigenvalue weighted by Crippen LogP contribution is 2.25. The second-order valence-electron chi connectivity index (χ2n) is 9.67. The van der Waals surface area contributed by atoms with Gasteiger partial charge in [-0.3, -0.25) is 9.59 Å². The van der Waals surface area contributed by atoms with Gasteiger partial charge in [0.15, 0.2) is 0 Å². The van der Waals surface area contributed by atoms with E-state index in [1.807, 2.05) is 65.8 Å². The second kappa shape index (κ2) is 12.0. The first-order valence-corrected chi connectivity index (χ1v) is 13.1. The third-order valence-electron chi connectivity index (χ3n) is 6.83. The first kappa shape index (κ1) is 25.7. The summed E-state index contributed by atoms with van der Waals surface area (Å²) in [4.78, 5) is 36.1. The van der Waals surface area contributed by atoms with E-state index in [0.29, 0.717) is 38.5 Å². The third kappa shape index (κ3) is 6.66. The van der Waals surface area contributed by atoms with E-state index >= 15 is 0 Å². The lowest BCUT2D eigenvalue weighted by Gasteiger charge is -2.20. The van der Waals surface area contributed by atoms with E-state index in [4.69, 9.17) is 9.47 Å². The average molecular weight is 516 g/mol. The van der Waals surface area contributed by atoms with Crippen LogP contribution in [0.25, 0.3) is 0 Å². The molecule has 1 saturated heterocycles. The number of rotatable bonds is 2. The Bertz CT molecular complexity index is 1250. The molecule has 1 fully saturated rings. The minimum Gasteiger partial charge on any atom is -0.457 e. The zero-order valence-electron chi connectivity index (χ0n) is 21.6. The lowest BCUT2D eigenvalue weighted by atomic mass is 10.1. The summed E-state index contributed by atoms with van der Waals surface area (Å²) in [6.45, 7) is 3.80. The predicted molar refractivity (Wildman–Crippen MR) is 143 cm³/mol. The average Bonchev–Trinajstić information content (AvgIpc) is 3.33. The molecule has 1 aromatic heterocycles. The monoisotopic (exact) mass is 515 g/mol. The number of anilines is 1. The number of nitrogens with zero attached hydrogens (tertiary/aromatic N) is 3. The highest BCUT2D eigenvalue weighted by atomic mass is 16.5. The maximum absolute atomic E-state index is 12.8. The van der Waals surface area contributed by atoms with Crippen molar-refractivity contribution in [3.05, 3.63) is 77.6 Å². The molecule has 38 heavy (non-hydrogen) atoms. The van der Waals surface area contributed by atoms with Crippen LogP contribution in [0.2, 0.25) is 0 Å². The van der Waals surface area contributed by atoms with Crippen LogP contribution < -0.4 is 20.3 Å². The smallest absolute Gasteiger partial charge is 0.225 e. The fourth-order valence-electron chi connectivity index (χ4n) is 4.64. The summed E-state index contributed by atoms with van der Waals surface area (Å²) >= 11 is 0. The molecule has 0 saturated carbocycles. The van der Waals surface area contributed by atoms with Crippen molar-refractivity contribution in [1.29, 1.82) is 0 Å². The largest absolute Gasteiger partial charge is 0.457 e. The van der Waals surface area contributed by atoms with Gasteiger partial charge in [0.1, 0.15) is 11.5 Å². The summed E-state index contributed by atoms with van der Waals surface area (Å²) < 4.78 is 12.4. The van der Waals surface area contributed by atoms with Crippen LogP contribution in [0, 0.1) is 0 Å². The predicted octanol–water partition coefficient (Wildman–Crippen LogP) is 3.17. The Morgan fingerprint density at radius 1 is 0.921 bits per heavy atom. The van der Waals surface area contributed by atoms with Crippen molar-refractivity contribution in [2.75, 3.05) is 24.5 Å². The maximum atomic E-state index is 12.8. The van der Waals surface area contributed by atoms with Crippen molar-refractivity contribution in [1.82, 2.24) is 20.6 Å². The second-order valence-corrected chi connectivity index (χ2v) is 9.67. The maximum Gasteiger partial charge on any atom is 0.225 e. The zero-order valence-corrected chi connectivity index (χ0v) is 21.6. The Balaban J connectivity index is 1.34. The molecule has 9 heteroatoms. The van der Waals surface area contributed by atoms with Gasteiger partial charge in [-0.25, -0.2) is 9.97 Å². The number of carbonyl (C=O) groups excluding carboxylic acids is 2. The molecule has 0 radical (unpaired) electrons. The van der Waals surface area contributed by atoms with E-state index in [-0.39, 0.29) is 36.9 Å². The summed E-state index contributed by atoms with van der Waals surface area (Å²) in [6.07, 6.45) is 5.46. The number of ether oxygens (including phenoxy) is 2. The van der Waals surface area contributed by atoms with Crippen LogP contribution in [-0.4, -0.2) is 53.6 Å². The van der Waals surface area contributed by atoms with Gasteiger partial charge in [0.05, 0.1) is 18.8 Å². The van der Waals surface area contributed by atoms with Crippen LogP contribution in [0.5, 0.6) is 11.5 Å². The van der Waals surface area contributed by atoms with Gasteiger partial charge >= 0.3 is 0 Å². The fourth-order valence-corrected chi connectivity index (χ4v) is 4.64. The van der Waals surface area contributed by atoms with Crippen LogP contribution in [-0.2, 0) is 33.8 Å². The van der Waals surface area contributed by atoms with Crippen molar-refractivity contribution in [2.24, 2.45) is 0 Å². The van der Waals surface area contributed by atoms with E-state index in [1.54, 1.807) is 0 Å². The van der Waals surface area contributed by atoms with Crippen molar-refractivity contribution >= 4 is 17.8 Å². The molecule has 4 bridgehead atoms. The molecule has 198 valence electrons. The molecule has 6 rings (SSSR count). The van der Waals surface area contributed by atoms with Gasteiger partial charge in [0.2, 0.25) is 17.8 Å². The number of aromatic nitrogens is 2. The number of benzene rings is 2. The number of fused-ring (bicyclic) bond motifs is 10. The Kier molecular flexibility index (Phi) is 8.13. The van der Waals surface area contributed by atoms with Crippen molar-refractivity contribution < 1.29 is 19.1 Å². The van der Waals surface area contributed by atoms with Gasteiger partial charge in [0.25, 0.3) is 0 Å². The Morgan fingerprint density at radius 3 is 2.53 bits per heavy atom. The minimum absolute atomic E-state index is 0.0785.